The number of para-hydroxylation sites is 1. The van der Waals surface area contributed by atoms with Crippen molar-refractivity contribution in [2.45, 2.75) is 6.54 Å². The molecular weight excluding hydrogens is 344 g/mol. The number of hydrogen-bond acceptors (Lipinski definition) is 5. The van der Waals surface area contributed by atoms with Gasteiger partial charge < -0.3 is 20.4 Å². The average Bonchev–Trinajstić information content (AvgIpc) is 3.17. The SMILES string of the molecule is CNC(=O)c1ccccc1NC(=O)CNCc1ccc(-c2ccncc2)o1. The van der Waals surface area contributed by atoms with Crippen LogP contribution in [0.1, 0.15) is 16.1 Å². The van der Waals surface area contributed by atoms with Gasteiger partial charge in [0.15, 0.2) is 0 Å². The second-order valence-electron chi connectivity index (χ2n) is 5.78. The summed E-state index contributed by atoms with van der Waals surface area (Å²) in [6.07, 6.45) is 3.41. The third-order valence-corrected chi connectivity index (χ3v) is 3.88. The molecule has 0 radical (unpaired) electrons. The molecule has 0 saturated carbocycles. The highest BCUT2D eigenvalue weighted by Crippen LogP contribution is 2.21. The summed E-state index contributed by atoms with van der Waals surface area (Å²) in [5.41, 5.74) is 1.84. The van der Waals surface area contributed by atoms with Gasteiger partial charge in [0.1, 0.15) is 11.5 Å². The van der Waals surface area contributed by atoms with E-state index in [9.17, 15) is 9.59 Å². The van der Waals surface area contributed by atoms with Crippen molar-refractivity contribution in [2.75, 3.05) is 18.9 Å². The molecule has 138 valence electrons. The molecular formula is C20H20N4O3. The van der Waals surface area contributed by atoms with Crippen LogP contribution in [0, 0.1) is 0 Å². The average molecular weight is 364 g/mol. The molecule has 3 aromatic rings. The number of rotatable bonds is 7. The smallest absolute Gasteiger partial charge is 0.253 e. The molecule has 2 aromatic heterocycles. The van der Waals surface area contributed by atoms with Crippen molar-refractivity contribution in [3.05, 3.63) is 72.2 Å². The molecule has 0 aliphatic rings. The first-order chi connectivity index (χ1) is 13.2. The van der Waals surface area contributed by atoms with E-state index < -0.39 is 0 Å². The number of aromatic nitrogens is 1. The predicted octanol–water partition coefficient (Wildman–Crippen LogP) is 2.43. The first kappa shape index (κ1) is 18.3. The van der Waals surface area contributed by atoms with Crippen LogP contribution in [-0.4, -0.2) is 30.4 Å². The molecule has 3 N–H and O–H groups in total. The topological polar surface area (TPSA) is 96.3 Å². The van der Waals surface area contributed by atoms with E-state index in [0.717, 1.165) is 17.1 Å². The number of amides is 2. The lowest BCUT2D eigenvalue weighted by Crippen LogP contribution is -2.29. The number of carbonyl (C=O) groups is 2. The van der Waals surface area contributed by atoms with Gasteiger partial charge in [0.2, 0.25) is 5.91 Å². The summed E-state index contributed by atoms with van der Waals surface area (Å²) in [4.78, 5) is 28.0. The van der Waals surface area contributed by atoms with Gasteiger partial charge in [-0.2, -0.15) is 0 Å². The minimum absolute atomic E-state index is 0.0906. The van der Waals surface area contributed by atoms with Crippen LogP contribution in [-0.2, 0) is 11.3 Å². The van der Waals surface area contributed by atoms with Crippen molar-refractivity contribution in [2.24, 2.45) is 0 Å². The van der Waals surface area contributed by atoms with Gasteiger partial charge in [-0.25, -0.2) is 0 Å². The number of nitrogens with zero attached hydrogens (tertiary/aromatic N) is 1. The number of hydrogen-bond donors (Lipinski definition) is 3. The standard InChI is InChI=1S/C20H20N4O3/c1-21-20(26)16-4-2-3-5-17(16)24-19(25)13-23-12-15-6-7-18(27-15)14-8-10-22-11-9-14/h2-11,23H,12-13H2,1H3,(H,21,26)(H,24,25). The molecule has 0 aliphatic carbocycles. The fraction of sp³-hybridized carbons (Fsp3) is 0.150. The van der Waals surface area contributed by atoms with Crippen LogP contribution in [0.4, 0.5) is 5.69 Å². The van der Waals surface area contributed by atoms with Crippen molar-refractivity contribution >= 4 is 17.5 Å². The van der Waals surface area contributed by atoms with Gasteiger partial charge in [0.05, 0.1) is 24.3 Å². The molecule has 0 unspecified atom stereocenters. The lowest BCUT2D eigenvalue weighted by atomic mass is 10.1. The fourth-order valence-electron chi connectivity index (χ4n) is 2.56. The molecule has 2 heterocycles. The zero-order chi connectivity index (χ0) is 19.1. The Labute approximate surface area is 156 Å². The zero-order valence-corrected chi connectivity index (χ0v) is 14.9. The molecule has 27 heavy (non-hydrogen) atoms. The molecule has 0 bridgehead atoms. The normalized spacial score (nSPS) is 10.4. The second kappa shape index (κ2) is 8.77. The maximum Gasteiger partial charge on any atom is 0.253 e. The number of pyridine rings is 1. The lowest BCUT2D eigenvalue weighted by Gasteiger charge is -2.10. The van der Waals surface area contributed by atoms with Crippen LogP contribution in [0.15, 0.2) is 65.3 Å². The van der Waals surface area contributed by atoms with Crippen molar-refractivity contribution in [1.82, 2.24) is 15.6 Å². The first-order valence-corrected chi connectivity index (χ1v) is 8.48. The van der Waals surface area contributed by atoms with E-state index in [1.54, 1.807) is 43.7 Å². The Hall–Kier alpha value is -3.45. The highest BCUT2D eigenvalue weighted by Gasteiger charge is 2.12. The Morgan fingerprint density at radius 2 is 1.81 bits per heavy atom. The number of anilines is 1. The Kier molecular flexibility index (Phi) is 5.96. The maximum absolute atomic E-state index is 12.1. The summed E-state index contributed by atoms with van der Waals surface area (Å²) in [7, 11) is 1.55. The van der Waals surface area contributed by atoms with E-state index in [-0.39, 0.29) is 18.4 Å². The number of nitrogens with one attached hydrogen (secondary N) is 3. The largest absolute Gasteiger partial charge is 0.460 e. The quantitative estimate of drug-likeness (QED) is 0.598. The fourth-order valence-corrected chi connectivity index (χ4v) is 2.56. The van der Waals surface area contributed by atoms with E-state index in [0.29, 0.717) is 17.8 Å². The lowest BCUT2D eigenvalue weighted by molar-refractivity contribution is -0.115. The van der Waals surface area contributed by atoms with E-state index >= 15 is 0 Å². The summed E-state index contributed by atoms with van der Waals surface area (Å²) >= 11 is 0. The number of benzene rings is 1. The van der Waals surface area contributed by atoms with Gasteiger partial charge in [-0.1, -0.05) is 12.1 Å². The minimum Gasteiger partial charge on any atom is -0.460 e. The molecule has 0 atom stereocenters. The van der Waals surface area contributed by atoms with Crippen molar-refractivity contribution in [3.8, 4) is 11.3 Å². The van der Waals surface area contributed by atoms with Crippen LogP contribution in [0.5, 0.6) is 0 Å². The van der Waals surface area contributed by atoms with Gasteiger partial charge >= 0.3 is 0 Å². The molecule has 3 rings (SSSR count). The van der Waals surface area contributed by atoms with Gasteiger partial charge in [0, 0.05) is 25.0 Å². The van der Waals surface area contributed by atoms with E-state index in [4.69, 9.17) is 4.42 Å². The Bertz CT molecular complexity index is 922. The number of carbonyl (C=O) groups excluding carboxylic acids is 2. The third kappa shape index (κ3) is 4.80. The summed E-state index contributed by atoms with van der Waals surface area (Å²) in [6.45, 7) is 0.503. The number of furan rings is 1. The van der Waals surface area contributed by atoms with Crippen LogP contribution in [0.2, 0.25) is 0 Å². The first-order valence-electron chi connectivity index (χ1n) is 8.48. The molecule has 0 fully saturated rings. The van der Waals surface area contributed by atoms with E-state index in [2.05, 4.69) is 20.9 Å². The van der Waals surface area contributed by atoms with E-state index in [1.807, 2.05) is 24.3 Å². The van der Waals surface area contributed by atoms with Gasteiger partial charge in [-0.3, -0.25) is 14.6 Å². The summed E-state index contributed by atoms with van der Waals surface area (Å²) in [5.74, 6) is 0.976. The molecule has 7 nitrogen and oxygen atoms in total. The van der Waals surface area contributed by atoms with Gasteiger partial charge in [0.25, 0.3) is 5.91 Å². The Morgan fingerprint density at radius 1 is 1.04 bits per heavy atom. The molecule has 2 amide bonds. The van der Waals surface area contributed by atoms with Crippen molar-refractivity contribution < 1.29 is 14.0 Å². The Morgan fingerprint density at radius 3 is 2.59 bits per heavy atom. The predicted molar refractivity (Wildman–Crippen MR) is 102 cm³/mol. The summed E-state index contributed by atoms with van der Waals surface area (Å²) in [5, 5.41) is 8.33. The monoisotopic (exact) mass is 364 g/mol. The highest BCUT2D eigenvalue weighted by atomic mass is 16.3. The molecule has 0 aliphatic heterocycles. The Balaban J connectivity index is 1.52. The van der Waals surface area contributed by atoms with Crippen LogP contribution < -0.4 is 16.0 Å². The van der Waals surface area contributed by atoms with Gasteiger partial charge in [-0.05, 0) is 36.4 Å². The van der Waals surface area contributed by atoms with Crippen LogP contribution in [0.25, 0.3) is 11.3 Å². The van der Waals surface area contributed by atoms with E-state index in [1.165, 1.54) is 0 Å². The molecule has 0 saturated heterocycles. The summed E-state index contributed by atoms with van der Waals surface area (Å²) in [6, 6.07) is 14.3. The minimum atomic E-state index is -0.252. The third-order valence-electron chi connectivity index (χ3n) is 3.88. The molecule has 0 spiro atoms. The maximum atomic E-state index is 12.1. The molecule has 1 aromatic carbocycles. The second-order valence-corrected chi connectivity index (χ2v) is 5.78. The summed E-state index contributed by atoms with van der Waals surface area (Å²) < 4.78 is 5.76. The van der Waals surface area contributed by atoms with Crippen LogP contribution >= 0.6 is 0 Å². The van der Waals surface area contributed by atoms with Crippen molar-refractivity contribution in [3.63, 3.8) is 0 Å². The van der Waals surface area contributed by atoms with Crippen molar-refractivity contribution in [1.29, 1.82) is 0 Å². The van der Waals surface area contributed by atoms with Crippen LogP contribution in [0.3, 0.4) is 0 Å². The van der Waals surface area contributed by atoms with Gasteiger partial charge in [-0.15, -0.1) is 0 Å². The highest BCUT2D eigenvalue weighted by molar-refractivity contribution is 6.03. The zero-order valence-electron chi connectivity index (χ0n) is 14.9. The molecule has 7 heteroatoms.